The maximum absolute atomic E-state index is 12.5. The van der Waals surface area contributed by atoms with Gasteiger partial charge in [-0.25, -0.2) is 0 Å². The van der Waals surface area contributed by atoms with E-state index < -0.39 is 0 Å². The Hall–Kier alpha value is -1.47. The van der Waals surface area contributed by atoms with Gasteiger partial charge in [0.15, 0.2) is 0 Å². The highest BCUT2D eigenvalue weighted by Gasteiger charge is 2.33. The lowest BCUT2D eigenvalue weighted by Crippen LogP contribution is -2.59. The molecule has 1 aromatic heterocycles. The fraction of sp³-hybridized carbons (Fsp3) is 0.643. The number of aryl methyl sites for hydroxylation is 2. The number of rotatable bonds is 3. The quantitative estimate of drug-likeness (QED) is 0.826. The summed E-state index contributed by atoms with van der Waals surface area (Å²) in [6.07, 6.45) is 0. The monoisotopic (exact) mass is 309 g/mol. The number of nitrogens with zero attached hydrogens (tertiary/aromatic N) is 4. The predicted molar refractivity (Wildman–Crippen MR) is 86.3 cm³/mol. The molecule has 0 aliphatic carbocycles. The number of piperazine rings is 1. The molecule has 2 heterocycles. The Morgan fingerprint density at radius 1 is 1.33 bits per heavy atom. The van der Waals surface area contributed by atoms with Crippen LogP contribution < -0.4 is 5.73 Å². The molecular formula is C14H23N5OS. The van der Waals surface area contributed by atoms with E-state index >= 15 is 0 Å². The van der Waals surface area contributed by atoms with Crippen LogP contribution in [0.25, 0.3) is 0 Å². The number of amides is 1. The van der Waals surface area contributed by atoms with E-state index in [2.05, 4.69) is 10.00 Å². The Labute approximate surface area is 130 Å². The smallest absolute Gasteiger partial charge is 0.272 e. The third-order valence-electron chi connectivity index (χ3n) is 4.18. The van der Waals surface area contributed by atoms with Gasteiger partial charge in [-0.05, 0) is 26.8 Å². The molecule has 0 radical (unpaired) electrons. The highest BCUT2D eigenvalue weighted by molar-refractivity contribution is 7.80. The van der Waals surface area contributed by atoms with Crippen molar-refractivity contribution < 1.29 is 4.79 Å². The number of nitrogens with two attached hydrogens (primary N) is 1. The van der Waals surface area contributed by atoms with Crippen LogP contribution in [0.15, 0.2) is 6.07 Å². The molecule has 0 saturated carbocycles. The van der Waals surface area contributed by atoms with Gasteiger partial charge < -0.3 is 10.6 Å². The maximum Gasteiger partial charge on any atom is 0.272 e. The van der Waals surface area contributed by atoms with Gasteiger partial charge in [0, 0.05) is 33.2 Å². The van der Waals surface area contributed by atoms with Crippen molar-refractivity contribution in [2.45, 2.75) is 26.3 Å². The third-order valence-corrected chi connectivity index (χ3v) is 4.68. The summed E-state index contributed by atoms with van der Waals surface area (Å²) in [5, 5.41) is 4.23. The summed E-state index contributed by atoms with van der Waals surface area (Å²) in [7, 11) is 1.80. The number of carbonyl (C=O) groups excluding carboxylic acids is 1. The average molecular weight is 309 g/mol. The number of thiocarbonyl (C=S) groups is 1. The number of aromatic nitrogens is 2. The van der Waals surface area contributed by atoms with E-state index in [9.17, 15) is 4.79 Å². The second-order valence-corrected chi connectivity index (χ2v) is 6.44. The van der Waals surface area contributed by atoms with Crippen molar-refractivity contribution in [1.29, 1.82) is 0 Å². The lowest BCUT2D eigenvalue weighted by Gasteiger charge is -2.43. The van der Waals surface area contributed by atoms with Crippen molar-refractivity contribution >= 4 is 23.1 Å². The Kier molecular flexibility index (Phi) is 4.34. The second-order valence-electron chi connectivity index (χ2n) is 6.00. The zero-order valence-electron chi connectivity index (χ0n) is 13.1. The molecule has 0 aromatic carbocycles. The molecule has 1 fully saturated rings. The van der Waals surface area contributed by atoms with E-state index in [0.717, 1.165) is 18.8 Å². The third kappa shape index (κ3) is 3.08. The van der Waals surface area contributed by atoms with Crippen molar-refractivity contribution in [2.75, 3.05) is 26.2 Å². The normalized spacial score (nSPS) is 17.0. The van der Waals surface area contributed by atoms with Gasteiger partial charge in [-0.1, -0.05) is 12.2 Å². The van der Waals surface area contributed by atoms with Gasteiger partial charge in [-0.2, -0.15) is 5.10 Å². The molecule has 1 amide bonds. The van der Waals surface area contributed by atoms with Crippen molar-refractivity contribution in [3.8, 4) is 0 Å². The molecule has 1 saturated heterocycles. The van der Waals surface area contributed by atoms with E-state index in [1.165, 1.54) is 0 Å². The van der Waals surface area contributed by atoms with E-state index in [-0.39, 0.29) is 11.4 Å². The minimum atomic E-state index is -0.312. The van der Waals surface area contributed by atoms with Crippen LogP contribution in [0.5, 0.6) is 0 Å². The van der Waals surface area contributed by atoms with Crippen molar-refractivity contribution in [1.82, 2.24) is 19.6 Å². The lowest BCUT2D eigenvalue weighted by molar-refractivity contribution is 0.0530. The standard InChI is InChI=1S/C14H23N5OS/c1-10-9-11(17(4)16-10)12(20)18-5-7-19(8-6-18)14(2,3)13(15)21/h9H,5-8H2,1-4H3,(H2,15,21). The largest absolute Gasteiger partial charge is 0.392 e. The summed E-state index contributed by atoms with van der Waals surface area (Å²) >= 11 is 5.13. The summed E-state index contributed by atoms with van der Waals surface area (Å²) in [4.78, 5) is 17.1. The minimum absolute atomic E-state index is 0.0332. The summed E-state index contributed by atoms with van der Waals surface area (Å²) < 4.78 is 1.64. The molecular weight excluding hydrogens is 286 g/mol. The molecule has 0 spiro atoms. The van der Waals surface area contributed by atoms with Crippen LogP contribution in [0.4, 0.5) is 0 Å². The Bertz CT molecular complexity index is 558. The fourth-order valence-corrected chi connectivity index (χ4v) is 2.73. The maximum atomic E-state index is 12.5. The first kappa shape index (κ1) is 15.9. The molecule has 116 valence electrons. The second kappa shape index (κ2) is 5.73. The summed E-state index contributed by atoms with van der Waals surface area (Å²) in [5.74, 6) is 0.0332. The molecule has 6 nitrogen and oxygen atoms in total. The van der Waals surface area contributed by atoms with Crippen molar-refractivity contribution in [2.24, 2.45) is 12.8 Å². The molecule has 0 atom stereocenters. The zero-order valence-corrected chi connectivity index (χ0v) is 13.9. The van der Waals surface area contributed by atoms with Crippen LogP contribution in [0, 0.1) is 6.92 Å². The van der Waals surface area contributed by atoms with Gasteiger partial charge in [0.1, 0.15) is 5.69 Å². The van der Waals surface area contributed by atoms with Gasteiger partial charge in [0.25, 0.3) is 5.91 Å². The fourth-order valence-electron chi connectivity index (χ4n) is 2.60. The van der Waals surface area contributed by atoms with Crippen molar-refractivity contribution in [3.63, 3.8) is 0 Å². The molecule has 1 aromatic rings. The Balaban J connectivity index is 2.03. The molecule has 2 rings (SSSR count). The molecule has 0 bridgehead atoms. The van der Waals surface area contributed by atoms with Crippen LogP contribution in [0.1, 0.15) is 30.0 Å². The number of carbonyl (C=O) groups is 1. The molecule has 0 unspecified atom stereocenters. The highest BCUT2D eigenvalue weighted by Crippen LogP contribution is 2.18. The first-order chi connectivity index (χ1) is 9.73. The zero-order chi connectivity index (χ0) is 15.8. The van der Waals surface area contributed by atoms with E-state index in [0.29, 0.717) is 23.8 Å². The van der Waals surface area contributed by atoms with Gasteiger partial charge in [-0.15, -0.1) is 0 Å². The average Bonchev–Trinajstić information content (AvgIpc) is 2.77. The van der Waals surface area contributed by atoms with Crippen LogP contribution in [-0.2, 0) is 7.05 Å². The van der Waals surface area contributed by atoms with Crippen LogP contribution in [0.3, 0.4) is 0 Å². The summed E-state index contributed by atoms with van der Waals surface area (Å²) in [6, 6.07) is 1.83. The summed E-state index contributed by atoms with van der Waals surface area (Å²) in [5.41, 5.74) is 6.98. The molecule has 1 aliphatic heterocycles. The Morgan fingerprint density at radius 2 is 1.90 bits per heavy atom. The molecule has 21 heavy (non-hydrogen) atoms. The molecule has 7 heteroatoms. The topological polar surface area (TPSA) is 67.4 Å². The number of hydrogen-bond donors (Lipinski definition) is 1. The lowest BCUT2D eigenvalue weighted by atomic mass is 10.0. The van der Waals surface area contributed by atoms with Crippen LogP contribution >= 0.6 is 12.2 Å². The van der Waals surface area contributed by atoms with Gasteiger partial charge in [-0.3, -0.25) is 14.4 Å². The predicted octanol–water partition coefficient (Wildman–Crippen LogP) is 0.551. The first-order valence-corrected chi connectivity index (χ1v) is 7.49. The Morgan fingerprint density at radius 3 is 2.33 bits per heavy atom. The minimum Gasteiger partial charge on any atom is -0.392 e. The van der Waals surface area contributed by atoms with E-state index in [4.69, 9.17) is 18.0 Å². The van der Waals surface area contributed by atoms with Crippen molar-refractivity contribution in [3.05, 3.63) is 17.5 Å². The van der Waals surface area contributed by atoms with Crippen LogP contribution in [0.2, 0.25) is 0 Å². The van der Waals surface area contributed by atoms with E-state index in [1.54, 1.807) is 11.7 Å². The summed E-state index contributed by atoms with van der Waals surface area (Å²) in [6.45, 7) is 8.83. The van der Waals surface area contributed by atoms with Gasteiger partial charge in [0.2, 0.25) is 0 Å². The first-order valence-electron chi connectivity index (χ1n) is 7.08. The highest BCUT2D eigenvalue weighted by atomic mass is 32.1. The van der Waals surface area contributed by atoms with Gasteiger partial charge >= 0.3 is 0 Å². The van der Waals surface area contributed by atoms with E-state index in [1.807, 2.05) is 31.7 Å². The van der Waals surface area contributed by atoms with Gasteiger partial charge in [0.05, 0.1) is 16.2 Å². The molecule has 1 aliphatic rings. The SMILES string of the molecule is Cc1cc(C(=O)N2CCN(C(C)(C)C(N)=S)CC2)n(C)n1. The molecule has 2 N–H and O–H groups in total. The van der Waals surface area contributed by atoms with Crippen LogP contribution in [-0.4, -0.2) is 62.2 Å². The number of hydrogen-bond acceptors (Lipinski definition) is 4.